The normalized spacial score (nSPS) is 11.9. The van der Waals surface area contributed by atoms with Gasteiger partial charge in [-0.2, -0.15) is 0 Å². The Bertz CT molecular complexity index is 1650. The number of rotatable bonds is 7. The van der Waals surface area contributed by atoms with Crippen LogP contribution < -0.4 is 5.32 Å². The SMILES string of the molecule is C[C@H](NC(=O)c1cc(-c2ccccc2)cc2c1c(Sc1cccc(Cl)c1)cn2C)c1ccc(C(=O)O)cc1. The van der Waals surface area contributed by atoms with Crippen molar-refractivity contribution in [1.82, 2.24) is 9.88 Å². The number of aromatic nitrogens is 1. The lowest BCUT2D eigenvalue weighted by Gasteiger charge is -2.16. The van der Waals surface area contributed by atoms with Gasteiger partial charge in [0.15, 0.2) is 0 Å². The van der Waals surface area contributed by atoms with Crippen molar-refractivity contribution in [2.75, 3.05) is 0 Å². The number of nitrogens with one attached hydrogen (secondary N) is 1. The molecule has 5 nitrogen and oxygen atoms in total. The average Bonchev–Trinajstić information content (AvgIpc) is 3.23. The number of amides is 1. The molecule has 2 N–H and O–H groups in total. The molecule has 4 aromatic carbocycles. The van der Waals surface area contributed by atoms with Crippen molar-refractivity contribution in [2.24, 2.45) is 7.05 Å². The molecule has 0 fully saturated rings. The molecule has 0 saturated carbocycles. The van der Waals surface area contributed by atoms with Gasteiger partial charge in [0, 0.05) is 33.4 Å². The van der Waals surface area contributed by atoms with Gasteiger partial charge < -0.3 is 15.0 Å². The first kappa shape index (κ1) is 25.6. The van der Waals surface area contributed by atoms with Crippen LogP contribution in [0.5, 0.6) is 0 Å². The summed E-state index contributed by atoms with van der Waals surface area (Å²) < 4.78 is 2.04. The van der Waals surface area contributed by atoms with Crippen molar-refractivity contribution in [2.45, 2.75) is 22.8 Å². The van der Waals surface area contributed by atoms with Crippen LogP contribution in [0.4, 0.5) is 0 Å². The Hall–Kier alpha value is -4.00. The lowest BCUT2D eigenvalue weighted by molar-refractivity contribution is 0.0696. The number of carboxylic acid groups (broad SMARTS) is 1. The molecular weight excluding hydrogens is 516 g/mol. The third-order valence-electron chi connectivity index (χ3n) is 6.44. The highest BCUT2D eigenvalue weighted by Crippen LogP contribution is 2.39. The van der Waals surface area contributed by atoms with Gasteiger partial charge in [-0.25, -0.2) is 4.79 Å². The number of hydrogen-bond donors (Lipinski definition) is 2. The molecule has 0 radical (unpaired) electrons. The van der Waals surface area contributed by atoms with Gasteiger partial charge in [0.25, 0.3) is 5.91 Å². The number of fused-ring (bicyclic) bond motifs is 1. The molecule has 5 aromatic rings. The van der Waals surface area contributed by atoms with Gasteiger partial charge in [0.05, 0.1) is 22.7 Å². The molecule has 0 unspecified atom stereocenters. The molecule has 0 aliphatic carbocycles. The van der Waals surface area contributed by atoms with Crippen molar-refractivity contribution >= 4 is 46.1 Å². The van der Waals surface area contributed by atoms with Crippen LogP contribution in [0.3, 0.4) is 0 Å². The van der Waals surface area contributed by atoms with E-state index >= 15 is 0 Å². The summed E-state index contributed by atoms with van der Waals surface area (Å²) in [6.07, 6.45) is 2.04. The fourth-order valence-corrected chi connectivity index (χ4v) is 5.83. The van der Waals surface area contributed by atoms with Crippen LogP contribution >= 0.6 is 23.4 Å². The topological polar surface area (TPSA) is 71.3 Å². The summed E-state index contributed by atoms with van der Waals surface area (Å²) in [5.41, 5.74) is 4.50. The Morgan fingerprint density at radius 1 is 0.921 bits per heavy atom. The number of carboxylic acids is 1. The zero-order chi connectivity index (χ0) is 26.8. The zero-order valence-corrected chi connectivity index (χ0v) is 22.4. The molecule has 1 aromatic heterocycles. The molecule has 0 bridgehead atoms. The van der Waals surface area contributed by atoms with E-state index in [-0.39, 0.29) is 17.5 Å². The molecule has 1 atom stereocenters. The summed E-state index contributed by atoms with van der Waals surface area (Å²) >= 11 is 7.80. The van der Waals surface area contributed by atoms with E-state index in [0.717, 1.165) is 37.4 Å². The molecule has 1 amide bonds. The largest absolute Gasteiger partial charge is 0.478 e. The quantitative estimate of drug-likeness (QED) is 0.220. The third-order valence-corrected chi connectivity index (χ3v) is 7.69. The number of aryl methyl sites for hydroxylation is 1. The Morgan fingerprint density at radius 3 is 2.34 bits per heavy atom. The Kier molecular flexibility index (Phi) is 7.27. The van der Waals surface area contributed by atoms with E-state index in [2.05, 4.69) is 11.4 Å². The van der Waals surface area contributed by atoms with Crippen molar-refractivity contribution in [3.05, 3.63) is 119 Å². The van der Waals surface area contributed by atoms with Gasteiger partial charge in [0.1, 0.15) is 0 Å². The number of carbonyl (C=O) groups is 2. The van der Waals surface area contributed by atoms with Crippen LogP contribution in [-0.2, 0) is 7.05 Å². The van der Waals surface area contributed by atoms with Crippen LogP contribution in [0.25, 0.3) is 22.0 Å². The minimum absolute atomic E-state index is 0.205. The number of aromatic carboxylic acids is 1. The maximum atomic E-state index is 13.8. The predicted octanol–water partition coefficient (Wildman–Crippen LogP) is 7.84. The third kappa shape index (κ3) is 5.32. The number of benzene rings is 4. The van der Waals surface area contributed by atoms with Crippen LogP contribution in [0, 0.1) is 0 Å². The van der Waals surface area contributed by atoms with Crippen molar-refractivity contribution in [1.29, 1.82) is 0 Å². The van der Waals surface area contributed by atoms with Gasteiger partial charge in [-0.3, -0.25) is 4.79 Å². The first-order chi connectivity index (χ1) is 18.3. The molecular formula is C31H25ClN2O3S. The highest BCUT2D eigenvalue weighted by atomic mass is 35.5. The standard InChI is InChI=1S/C31H25ClN2O3S/c1-19(20-11-13-22(14-12-20)31(36)37)33-30(35)26-15-23(21-7-4-3-5-8-21)16-27-29(26)28(18-34(27)2)38-25-10-6-9-24(32)17-25/h3-19H,1-2H3,(H,33,35)(H,36,37)/t19-/m0/s1. The van der Waals surface area contributed by atoms with Gasteiger partial charge in [-0.1, -0.05) is 71.9 Å². The van der Waals surface area contributed by atoms with Crippen LogP contribution in [-0.4, -0.2) is 21.6 Å². The Morgan fingerprint density at radius 2 is 1.66 bits per heavy atom. The fourth-order valence-electron chi connectivity index (χ4n) is 4.46. The molecule has 0 saturated heterocycles. The van der Waals surface area contributed by atoms with E-state index in [1.165, 1.54) is 0 Å². The maximum Gasteiger partial charge on any atom is 0.335 e. The number of halogens is 1. The maximum absolute atomic E-state index is 13.8. The summed E-state index contributed by atoms with van der Waals surface area (Å²) in [5, 5.41) is 13.8. The lowest BCUT2D eigenvalue weighted by Crippen LogP contribution is -2.27. The molecule has 7 heteroatoms. The molecule has 1 heterocycles. The highest BCUT2D eigenvalue weighted by molar-refractivity contribution is 7.99. The highest BCUT2D eigenvalue weighted by Gasteiger charge is 2.21. The molecule has 0 aliphatic heterocycles. The monoisotopic (exact) mass is 540 g/mol. The van der Waals surface area contributed by atoms with Gasteiger partial charge in [-0.05, 0) is 66.1 Å². The summed E-state index contributed by atoms with van der Waals surface area (Å²) in [6, 6.07) is 27.9. The first-order valence-corrected chi connectivity index (χ1v) is 13.3. The molecule has 38 heavy (non-hydrogen) atoms. The first-order valence-electron chi connectivity index (χ1n) is 12.1. The van der Waals surface area contributed by atoms with E-state index in [1.54, 1.807) is 36.0 Å². The van der Waals surface area contributed by atoms with Gasteiger partial charge in [-0.15, -0.1) is 0 Å². The average molecular weight is 541 g/mol. The zero-order valence-electron chi connectivity index (χ0n) is 20.8. The van der Waals surface area contributed by atoms with Crippen molar-refractivity contribution in [3.8, 4) is 11.1 Å². The van der Waals surface area contributed by atoms with E-state index in [0.29, 0.717) is 10.6 Å². The number of carbonyl (C=O) groups excluding carboxylic acids is 1. The second-order valence-electron chi connectivity index (χ2n) is 9.07. The molecule has 190 valence electrons. The lowest BCUT2D eigenvalue weighted by atomic mass is 9.99. The fraction of sp³-hybridized carbons (Fsp3) is 0.0968. The minimum Gasteiger partial charge on any atom is -0.478 e. The van der Waals surface area contributed by atoms with E-state index in [9.17, 15) is 14.7 Å². The van der Waals surface area contributed by atoms with Gasteiger partial charge >= 0.3 is 5.97 Å². The smallest absolute Gasteiger partial charge is 0.335 e. The van der Waals surface area contributed by atoms with Crippen molar-refractivity contribution in [3.63, 3.8) is 0 Å². The number of hydrogen-bond acceptors (Lipinski definition) is 3. The predicted molar refractivity (Wildman–Crippen MR) is 153 cm³/mol. The molecule has 0 spiro atoms. The Balaban J connectivity index is 1.58. The van der Waals surface area contributed by atoms with E-state index < -0.39 is 5.97 Å². The van der Waals surface area contributed by atoms with Crippen LogP contribution in [0.2, 0.25) is 5.02 Å². The summed E-state index contributed by atoms with van der Waals surface area (Å²) in [4.78, 5) is 27.0. The minimum atomic E-state index is -0.984. The van der Waals surface area contributed by atoms with Crippen LogP contribution in [0.1, 0.15) is 39.2 Å². The summed E-state index contributed by atoms with van der Waals surface area (Å²) in [7, 11) is 1.98. The van der Waals surface area contributed by atoms with E-state index in [1.807, 2.05) is 85.4 Å². The second-order valence-corrected chi connectivity index (χ2v) is 10.6. The van der Waals surface area contributed by atoms with Gasteiger partial charge in [0.2, 0.25) is 0 Å². The van der Waals surface area contributed by atoms with Crippen LogP contribution in [0.15, 0.2) is 107 Å². The second kappa shape index (κ2) is 10.8. The molecule has 0 aliphatic rings. The summed E-state index contributed by atoms with van der Waals surface area (Å²) in [6.45, 7) is 1.89. The number of nitrogens with zero attached hydrogens (tertiary/aromatic N) is 1. The Labute approximate surface area is 230 Å². The van der Waals surface area contributed by atoms with Crippen molar-refractivity contribution < 1.29 is 14.7 Å². The summed E-state index contributed by atoms with van der Waals surface area (Å²) in [5.74, 6) is -1.19. The van der Waals surface area contributed by atoms with E-state index in [4.69, 9.17) is 11.6 Å². The molecule has 5 rings (SSSR count).